The number of nitrogens with zero attached hydrogens (tertiary/aromatic N) is 1. The van der Waals surface area contributed by atoms with Gasteiger partial charge in [0.05, 0.1) is 5.54 Å². The van der Waals surface area contributed by atoms with Gasteiger partial charge in [0.2, 0.25) is 0 Å². The van der Waals surface area contributed by atoms with Gasteiger partial charge in [-0.2, -0.15) is 0 Å². The van der Waals surface area contributed by atoms with Gasteiger partial charge in [0, 0.05) is 11.4 Å². The van der Waals surface area contributed by atoms with Crippen LogP contribution in [0.5, 0.6) is 0 Å². The molecule has 16 heavy (non-hydrogen) atoms. The Hall–Kier alpha value is -1.29. The number of carbonyl (C=O) groups excluding carboxylic acids is 1. The van der Waals surface area contributed by atoms with Crippen LogP contribution in [0.2, 0.25) is 0 Å². The summed E-state index contributed by atoms with van der Waals surface area (Å²) in [5.74, 6) is -0.0308. The second kappa shape index (κ2) is 4.70. The number of aryl methyl sites for hydroxylation is 2. The smallest absolute Gasteiger partial charge is 0.258 e. The summed E-state index contributed by atoms with van der Waals surface area (Å²) in [6.07, 6.45) is 0. The normalized spacial score (nSPS) is 11.6. The van der Waals surface area contributed by atoms with Crippen LogP contribution < -0.4 is 10.7 Å². The third kappa shape index (κ3) is 2.64. The zero-order chi connectivity index (χ0) is 12.3. The van der Waals surface area contributed by atoms with Gasteiger partial charge >= 0.3 is 0 Å². The molecule has 0 radical (unpaired) electrons. The van der Waals surface area contributed by atoms with Crippen molar-refractivity contribution in [1.82, 2.24) is 9.99 Å². The lowest BCUT2D eigenvalue weighted by atomic mass is 10.1. The molecular formula is C12H21N3O. The monoisotopic (exact) mass is 223 g/mol. The van der Waals surface area contributed by atoms with Crippen LogP contribution in [0, 0.1) is 13.8 Å². The number of rotatable bonds is 4. The third-order valence-electron chi connectivity index (χ3n) is 2.67. The zero-order valence-electron chi connectivity index (χ0n) is 10.7. The summed E-state index contributed by atoms with van der Waals surface area (Å²) in [4.78, 5) is 12.0. The van der Waals surface area contributed by atoms with Crippen molar-refractivity contribution >= 4 is 5.91 Å². The second-order valence-electron chi connectivity index (χ2n) is 4.55. The van der Waals surface area contributed by atoms with Gasteiger partial charge in [-0.3, -0.25) is 14.9 Å². The highest BCUT2D eigenvalue weighted by atomic mass is 16.2. The topological polar surface area (TPSA) is 46.1 Å². The standard InChI is InChI=1S/C12H21N3O/c1-6-13-12(4,5)11(16)14-15-9(2)7-8-10(15)3/h7-8,13H,6H2,1-5H3,(H,14,16). The maximum absolute atomic E-state index is 12.0. The first kappa shape index (κ1) is 12.8. The average Bonchev–Trinajstić information content (AvgIpc) is 2.49. The fourth-order valence-corrected chi connectivity index (χ4v) is 1.61. The van der Waals surface area contributed by atoms with Crippen LogP contribution >= 0.6 is 0 Å². The number of hydrogen-bond acceptors (Lipinski definition) is 2. The first-order valence-corrected chi connectivity index (χ1v) is 5.60. The molecule has 0 unspecified atom stereocenters. The molecule has 2 N–H and O–H groups in total. The highest BCUT2D eigenvalue weighted by Crippen LogP contribution is 2.07. The molecule has 1 aromatic heterocycles. The van der Waals surface area contributed by atoms with Crippen molar-refractivity contribution in [1.29, 1.82) is 0 Å². The summed E-state index contributed by atoms with van der Waals surface area (Å²) in [6.45, 7) is 10.4. The van der Waals surface area contributed by atoms with Crippen LogP contribution in [0.25, 0.3) is 0 Å². The highest BCUT2D eigenvalue weighted by molar-refractivity contribution is 5.92. The Morgan fingerprint density at radius 3 is 2.25 bits per heavy atom. The van der Waals surface area contributed by atoms with Crippen molar-refractivity contribution in [2.75, 3.05) is 12.0 Å². The molecule has 0 bridgehead atoms. The summed E-state index contributed by atoms with van der Waals surface area (Å²) in [6, 6.07) is 3.96. The fourth-order valence-electron chi connectivity index (χ4n) is 1.61. The van der Waals surface area contributed by atoms with E-state index in [2.05, 4.69) is 10.7 Å². The summed E-state index contributed by atoms with van der Waals surface area (Å²) >= 11 is 0. The lowest BCUT2D eigenvalue weighted by molar-refractivity contribution is -0.122. The largest absolute Gasteiger partial charge is 0.304 e. The number of hydrogen-bond donors (Lipinski definition) is 2. The minimum absolute atomic E-state index is 0.0308. The van der Waals surface area contributed by atoms with E-state index in [1.54, 1.807) is 4.68 Å². The Labute approximate surface area is 97.0 Å². The minimum Gasteiger partial charge on any atom is -0.304 e. The van der Waals surface area contributed by atoms with Crippen molar-refractivity contribution in [3.63, 3.8) is 0 Å². The van der Waals surface area contributed by atoms with Crippen molar-refractivity contribution < 1.29 is 4.79 Å². The molecule has 0 atom stereocenters. The fraction of sp³-hybridized carbons (Fsp3) is 0.583. The number of likely N-dealkylation sites (N-methyl/N-ethyl adjacent to an activating group) is 1. The lowest BCUT2D eigenvalue weighted by Gasteiger charge is -2.25. The van der Waals surface area contributed by atoms with Crippen LogP contribution in [-0.2, 0) is 4.79 Å². The molecule has 4 nitrogen and oxygen atoms in total. The molecule has 0 saturated carbocycles. The van der Waals surface area contributed by atoms with E-state index in [1.807, 2.05) is 46.8 Å². The molecule has 1 rings (SSSR count). The minimum atomic E-state index is -0.558. The maximum Gasteiger partial charge on any atom is 0.258 e. The van der Waals surface area contributed by atoms with Crippen LogP contribution in [-0.4, -0.2) is 22.7 Å². The van der Waals surface area contributed by atoms with Crippen molar-refractivity contribution in [3.05, 3.63) is 23.5 Å². The number of carbonyl (C=O) groups is 1. The van der Waals surface area contributed by atoms with E-state index in [-0.39, 0.29) is 5.91 Å². The van der Waals surface area contributed by atoms with E-state index in [9.17, 15) is 4.79 Å². The Morgan fingerprint density at radius 2 is 1.81 bits per heavy atom. The van der Waals surface area contributed by atoms with E-state index in [1.165, 1.54) is 0 Å². The predicted molar refractivity (Wildman–Crippen MR) is 66.0 cm³/mol. The maximum atomic E-state index is 12.0. The molecule has 0 fully saturated rings. The quantitative estimate of drug-likeness (QED) is 0.813. The van der Waals surface area contributed by atoms with E-state index < -0.39 is 5.54 Å². The number of amides is 1. The van der Waals surface area contributed by atoms with E-state index in [4.69, 9.17) is 0 Å². The molecular weight excluding hydrogens is 202 g/mol. The van der Waals surface area contributed by atoms with Gasteiger partial charge in [0.25, 0.3) is 5.91 Å². The van der Waals surface area contributed by atoms with Gasteiger partial charge in [-0.1, -0.05) is 6.92 Å². The van der Waals surface area contributed by atoms with Gasteiger partial charge in [-0.25, -0.2) is 0 Å². The first-order chi connectivity index (χ1) is 7.38. The molecule has 90 valence electrons. The predicted octanol–water partition coefficient (Wildman–Crippen LogP) is 1.56. The third-order valence-corrected chi connectivity index (χ3v) is 2.67. The van der Waals surface area contributed by atoms with Crippen LogP contribution in [0.3, 0.4) is 0 Å². The van der Waals surface area contributed by atoms with Crippen LogP contribution in [0.1, 0.15) is 32.2 Å². The Bertz CT molecular complexity index is 360. The SMILES string of the molecule is CCNC(C)(C)C(=O)Nn1c(C)ccc1C. The molecule has 4 heteroatoms. The van der Waals surface area contributed by atoms with Gasteiger partial charge in [-0.15, -0.1) is 0 Å². The Morgan fingerprint density at radius 1 is 1.31 bits per heavy atom. The molecule has 1 amide bonds. The van der Waals surface area contributed by atoms with E-state index in [0.717, 1.165) is 17.9 Å². The molecule has 0 aromatic carbocycles. The molecule has 0 aliphatic heterocycles. The van der Waals surface area contributed by atoms with E-state index in [0.29, 0.717) is 0 Å². The Balaban J connectivity index is 2.79. The van der Waals surface area contributed by atoms with Crippen molar-refractivity contribution in [3.8, 4) is 0 Å². The summed E-state index contributed by atoms with van der Waals surface area (Å²) in [5.41, 5.74) is 4.39. The van der Waals surface area contributed by atoms with Crippen molar-refractivity contribution in [2.45, 2.75) is 40.2 Å². The summed E-state index contributed by atoms with van der Waals surface area (Å²) < 4.78 is 1.81. The average molecular weight is 223 g/mol. The second-order valence-corrected chi connectivity index (χ2v) is 4.55. The highest BCUT2D eigenvalue weighted by Gasteiger charge is 2.26. The molecule has 0 spiro atoms. The van der Waals surface area contributed by atoms with Crippen molar-refractivity contribution in [2.24, 2.45) is 0 Å². The molecule has 1 heterocycles. The van der Waals surface area contributed by atoms with Gasteiger partial charge in [0.15, 0.2) is 0 Å². The Kier molecular flexibility index (Phi) is 3.75. The first-order valence-electron chi connectivity index (χ1n) is 5.60. The number of nitrogens with one attached hydrogen (secondary N) is 2. The van der Waals surface area contributed by atoms with Crippen LogP contribution in [0.15, 0.2) is 12.1 Å². The molecule has 0 aliphatic rings. The lowest BCUT2D eigenvalue weighted by Crippen LogP contribution is -2.51. The summed E-state index contributed by atoms with van der Waals surface area (Å²) in [7, 11) is 0. The zero-order valence-corrected chi connectivity index (χ0v) is 10.7. The van der Waals surface area contributed by atoms with Crippen LogP contribution in [0.4, 0.5) is 0 Å². The summed E-state index contributed by atoms with van der Waals surface area (Å²) in [5, 5.41) is 3.15. The molecule has 0 aliphatic carbocycles. The van der Waals surface area contributed by atoms with Gasteiger partial charge in [0.1, 0.15) is 0 Å². The molecule has 1 aromatic rings. The number of aromatic nitrogens is 1. The van der Waals surface area contributed by atoms with Gasteiger partial charge in [-0.05, 0) is 46.4 Å². The van der Waals surface area contributed by atoms with Gasteiger partial charge < -0.3 is 5.32 Å². The van der Waals surface area contributed by atoms with E-state index >= 15 is 0 Å². The molecule has 0 saturated heterocycles.